The summed E-state index contributed by atoms with van der Waals surface area (Å²) >= 11 is 0. The molecule has 5 heteroatoms. The summed E-state index contributed by atoms with van der Waals surface area (Å²) in [6.07, 6.45) is 1.31. The highest BCUT2D eigenvalue weighted by Gasteiger charge is 2.24. The van der Waals surface area contributed by atoms with Gasteiger partial charge in [-0.3, -0.25) is 4.79 Å². The van der Waals surface area contributed by atoms with Crippen LogP contribution in [0.25, 0.3) is 0 Å². The van der Waals surface area contributed by atoms with Crippen molar-refractivity contribution in [2.24, 2.45) is 5.92 Å². The molecule has 0 saturated heterocycles. The normalized spacial score (nSPS) is 12.5. The van der Waals surface area contributed by atoms with Crippen LogP contribution in [0.4, 0.5) is 0 Å². The maximum absolute atomic E-state index is 11.6. The molecule has 0 aromatic carbocycles. The van der Waals surface area contributed by atoms with E-state index in [4.69, 9.17) is 9.52 Å². The van der Waals surface area contributed by atoms with Gasteiger partial charge < -0.3 is 14.8 Å². The molecule has 0 aliphatic heterocycles. The smallest absolute Gasteiger partial charge is 0.326 e. The number of hydrogen-bond acceptors (Lipinski definition) is 3. The van der Waals surface area contributed by atoms with Crippen molar-refractivity contribution >= 4 is 11.9 Å². The Morgan fingerprint density at radius 2 is 2.06 bits per heavy atom. The monoisotopic (exact) mass is 225 g/mol. The molecule has 1 heterocycles. The van der Waals surface area contributed by atoms with Crippen molar-refractivity contribution in [1.82, 2.24) is 5.32 Å². The summed E-state index contributed by atoms with van der Waals surface area (Å²) in [7, 11) is 0. The van der Waals surface area contributed by atoms with E-state index in [1.807, 2.05) is 0 Å². The molecule has 1 rings (SSSR count). The van der Waals surface area contributed by atoms with Crippen LogP contribution in [0.1, 0.15) is 30.0 Å². The number of furan rings is 1. The molecule has 88 valence electrons. The van der Waals surface area contributed by atoms with Gasteiger partial charge in [0.05, 0.1) is 5.56 Å². The molecule has 1 aromatic heterocycles. The average Bonchev–Trinajstić information content (AvgIpc) is 2.59. The Kier molecular flexibility index (Phi) is 3.71. The summed E-state index contributed by atoms with van der Waals surface area (Å²) in [5.41, 5.74) is 0.337. The maximum atomic E-state index is 11.6. The second kappa shape index (κ2) is 4.83. The number of aliphatic carboxylic acids is 1. The average molecular weight is 225 g/mol. The SMILES string of the molecule is Cc1cc(C(=O)N[C@H](C(=O)O)C(C)C)co1. The summed E-state index contributed by atoms with van der Waals surface area (Å²) < 4.78 is 4.98. The van der Waals surface area contributed by atoms with Crippen molar-refractivity contribution in [2.45, 2.75) is 26.8 Å². The van der Waals surface area contributed by atoms with Crippen LogP contribution < -0.4 is 5.32 Å². The van der Waals surface area contributed by atoms with Crippen molar-refractivity contribution < 1.29 is 19.1 Å². The maximum Gasteiger partial charge on any atom is 0.326 e. The van der Waals surface area contributed by atoms with Crippen LogP contribution in [0.15, 0.2) is 16.7 Å². The predicted molar refractivity (Wildman–Crippen MR) is 57.2 cm³/mol. The minimum Gasteiger partial charge on any atom is -0.480 e. The summed E-state index contributed by atoms with van der Waals surface area (Å²) in [4.78, 5) is 22.5. The molecule has 5 nitrogen and oxygen atoms in total. The van der Waals surface area contributed by atoms with Crippen LogP contribution in [0.2, 0.25) is 0 Å². The zero-order valence-electron chi connectivity index (χ0n) is 9.48. The molecule has 0 aliphatic rings. The standard InChI is InChI=1S/C11H15NO4/c1-6(2)9(11(14)15)12-10(13)8-4-7(3)16-5-8/h4-6,9H,1-3H3,(H,12,13)(H,14,15)/t9-/m0/s1. The van der Waals surface area contributed by atoms with E-state index >= 15 is 0 Å². The first-order valence-electron chi connectivity index (χ1n) is 5.00. The van der Waals surface area contributed by atoms with E-state index in [0.717, 1.165) is 0 Å². The quantitative estimate of drug-likeness (QED) is 0.812. The molecule has 0 aliphatic carbocycles. The van der Waals surface area contributed by atoms with Crippen LogP contribution in [-0.2, 0) is 4.79 Å². The summed E-state index contributed by atoms with van der Waals surface area (Å²) in [6, 6.07) is 0.678. The molecule has 0 saturated carbocycles. The van der Waals surface area contributed by atoms with Crippen LogP contribution in [-0.4, -0.2) is 23.0 Å². The van der Waals surface area contributed by atoms with Gasteiger partial charge in [0.25, 0.3) is 5.91 Å². The number of nitrogens with one attached hydrogen (secondary N) is 1. The first-order chi connectivity index (χ1) is 7.41. The van der Waals surface area contributed by atoms with E-state index in [9.17, 15) is 9.59 Å². The van der Waals surface area contributed by atoms with Gasteiger partial charge in [-0.1, -0.05) is 13.8 Å². The fraction of sp³-hybridized carbons (Fsp3) is 0.455. The van der Waals surface area contributed by atoms with Gasteiger partial charge >= 0.3 is 5.97 Å². The van der Waals surface area contributed by atoms with Crippen molar-refractivity contribution in [2.75, 3.05) is 0 Å². The Bertz CT molecular complexity index is 394. The van der Waals surface area contributed by atoms with Crippen LogP contribution in [0, 0.1) is 12.8 Å². The van der Waals surface area contributed by atoms with Gasteiger partial charge in [-0.25, -0.2) is 4.79 Å². The first kappa shape index (κ1) is 12.3. The number of carbonyl (C=O) groups is 2. The molecule has 0 fully saturated rings. The minimum atomic E-state index is -1.04. The molecule has 0 bridgehead atoms. The number of rotatable bonds is 4. The number of aryl methyl sites for hydroxylation is 1. The fourth-order valence-corrected chi connectivity index (χ4v) is 1.30. The highest BCUT2D eigenvalue weighted by molar-refractivity contribution is 5.96. The molecular formula is C11H15NO4. The predicted octanol–water partition coefficient (Wildman–Crippen LogP) is 1.43. The van der Waals surface area contributed by atoms with Gasteiger partial charge in [0.1, 0.15) is 18.1 Å². The zero-order valence-corrected chi connectivity index (χ0v) is 9.48. The molecule has 1 aromatic rings. The van der Waals surface area contributed by atoms with E-state index in [1.54, 1.807) is 26.8 Å². The van der Waals surface area contributed by atoms with Crippen molar-refractivity contribution in [3.63, 3.8) is 0 Å². The molecule has 0 radical (unpaired) electrons. The number of carboxylic acids is 1. The highest BCUT2D eigenvalue weighted by Crippen LogP contribution is 2.08. The second-order valence-electron chi connectivity index (χ2n) is 3.98. The van der Waals surface area contributed by atoms with E-state index in [0.29, 0.717) is 11.3 Å². The zero-order chi connectivity index (χ0) is 12.3. The Balaban J connectivity index is 2.73. The van der Waals surface area contributed by atoms with Gasteiger partial charge in [0.15, 0.2) is 0 Å². The lowest BCUT2D eigenvalue weighted by Crippen LogP contribution is -2.44. The van der Waals surface area contributed by atoms with Crippen molar-refractivity contribution in [3.8, 4) is 0 Å². The second-order valence-corrected chi connectivity index (χ2v) is 3.98. The molecule has 0 unspecified atom stereocenters. The first-order valence-corrected chi connectivity index (χ1v) is 5.00. The van der Waals surface area contributed by atoms with E-state index in [-0.39, 0.29) is 5.92 Å². The third kappa shape index (κ3) is 2.85. The van der Waals surface area contributed by atoms with Gasteiger partial charge in [0.2, 0.25) is 0 Å². The Morgan fingerprint density at radius 3 is 2.44 bits per heavy atom. The number of hydrogen-bond donors (Lipinski definition) is 2. The third-order valence-electron chi connectivity index (χ3n) is 2.21. The lowest BCUT2D eigenvalue weighted by atomic mass is 10.0. The molecule has 2 N–H and O–H groups in total. The van der Waals surface area contributed by atoms with Gasteiger partial charge in [-0.05, 0) is 18.9 Å². The van der Waals surface area contributed by atoms with Crippen molar-refractivity contribution in [3.05, 3.63) is 23.7 Å². The van der Waals surface area contributed by atoms with Crippen LogP contribution >= 0.6 is 0 Å². The fourth-order valence-electron chi connectivity index (χ4n) is 1.30. The number of carboxylic acid groups (broad SMARTS) is 1. The van der Waals surface area contributed by atoms with Gasteiger partial charge in [-0.2, -0.15) is 0 Å². The molecule has 16 heavy (non-hydrogen) atoms. The summed E-state index contributed by atoms with van der Waals surface area (Å²) in [5, 5.41) is 11.4. The minimum absolute atomic E-state index is 0.172. The number of carbonyl (C=O) groups excluding carboxylic acids is 1. The highest BCUT2D eigenvalue weighted by atomic mass is 16.4. The third-order valence-corrected chi connectivity index (χ3v) is 2.21. The van der Waals surface area contributed by atoms with E-state index in [2.05, 4.69) is 5.32 Å². The lowest BCUT2D eigenvalue weighted by Gasteiger charge is -2.17. The topological polar surface area (TPSA) is 79.5 Å². The Morgan fingerprint density at radius 1 is 1.44 bits per heavy atom. The molecule has 1 atom stereocenters. The summed E-state index contributed by atoms with van der Waals surface area (Å²) in [5.74, 6) is -1.03. The van der Waals surface area contributed by atoms with Crippen molar-refractivity contribution in [1.29, 1.82) is 0 Å². The Hall–Kier alpha value is -1.78. The van der Waals surface area contributed by atoms with Crippen LogP contribution in [0.5, 0.6) is 0 Å². The molecule has 0 spiro atoms. The van der Waals surface area contributed by atoms with Crippen LogP contribution in [0.3, 0.4) is 0 Å². The van der Waals surface area contributed by atoms with Gasteiger partial charge in [0, 0.05) is 0 Å². The lowest BCUT2D eigenvalue weighted by molar-refractivity contribution is -0.140. The largest absolute Gasteiger partial charge is 0.480 e. The molecule has 1 amide bonds. The Labute approximate surface area is 93.4 Å². The summed E-state index contributed by atoms with van der Waals surface area (Å²) in [6.45, 7) is 5.19. The molecular weight excluding hydrogens is 210 g/mol. The number of amides is 1. The van der Waals surface area contributed by atoms with E-state index in [1.165, 1.54) is 6.26 Å². The van der Waals surface area contributed by atoms with Gasteiger partial charge in [-0.15, -0.1) is 0 Å². The van der Waals surface area contributed by atoms with E-state index < -0.39 is 17.9 Å².